The molecule has 0 bridgehead atoms. The van der Waals surface area contributed by atoms with Gasteiger partial charge in [0.25, 0.3) is 0 Å². The predicted molar refractivity (Wildman–Crippen MR) is 67.1 cm³/mol. The number of aromatic nitrogens is 1. The SMILES string of the molecule is Cc1nc(C(=O)OCc2ccccc2)c(C)s1. The third-order valence-corrected chi connectivity index (χ3v) is 3.20. The molecule has 1 heterocycles. The molecule has 2 aromatic rings. The minimum atomic E-state index is -0.351. The molecule has 2 rings (SSSR count). The zero-order valence-electron chi connectivity index (χ0n) is 9.77. The number of benzene rings is 1. The van der Waals surface area contributed by atoms with Gasteiger partial charge >= 0.3 is 5.97 Å². The van der Waals surface area contributed by atoms with Gasteiger partial charge in [0.15, 0.2) is 5.69 Å². The largest absolute Gasteiger partial charge is 0.456 e. The zero-order valence-corrected chi connectivity index (χ0v) is 10.6. The van der Waals surface area contributed by atoms with Crippen molar-refractivity contribution in [3.63, 3.8) is 0 Å². The smallest absolute Gasteiger partial charge is 0.358 e. The zero-order chi connectivity index (χ0) is 12.3. The van der Waals surface area contributed by atoms with Crippen molar-refractivity contribution in [3.05, 3.63) is 51.5 Å². The first-order valence-electron chi connectivity index (χ1n) is 5.32. The summed E-state index contributed by atoms with van der Waals surface area (Å²) in [6.07, 6.45) is 0. The second-order valence-corrected chi connectivity index (χ2v) is 5.11. The maximum atomic E-state index is 11.8. The Hall–Kier alpha value is -1.68. The van der Waals surface area contributed by atoms with E-state index in [9.17, 15) is 4.79 Å². The molecule has 0 saturated heterocycles. The van der Waals surface area contributed by atoms with E-state index in [1.807, 2.05) is 44.2 Å². The highest BCUT2D eigenvalue weighted by Gasteiger charge is 2.15. The molecule has 0 saturated carbocycles. The Kier molecular flexibility index (Phi) is 3.54. The number of hydrogen-bond donors (Lipinski definition) is 0. The lowest BCUT2D eigenvalue weighted by Crippen LogP contribution is -2.07. The van der Waals surface area contributed by atoms with Crippen molar-refractivity contribution in [3.8, 4) is 0 Å². The highest BCUT2D eigenvalue weighted by Crippen LogP contribution is 2.17. The highest BCUT2D eigenvalue weighted by atomic mass is 32.1. The molecule has 0 fully saturated rings. The van der Waals surface area contributed by atoms with Gasteiger partial charge in [0.05, 0.1) is 5.01 Å². The fourth-order valence-electron chi connectivity index (χ4n) is 1.51. The van der Waals surface area contributed by atoms with Crippen LogP contribution in [0.25, 0.3) is 0 Å². The van der Waals surface area contributed by atoms with Gasteiger partial charge in [-0.2, -0.15) is 0 Å². The minimum Gasteiger partial charge on any atom is -0.456 e. The lowest BCUT2D eigenvalue weighted by Gasteiger charge is -2.03. The quantitative estimate of drug-likeness (QED) is 0.782. The molecule has 0 aliphatic heterocycles. The van der Waals surface area contributed by atoms with Gasteiger partial charge in [-0.15, -0.1) is 11.3 Å². The Labute approximate surface area is 104 Å². The molecule has 88 valence electrons. The Balaban J connectivity index is 2.01. The molecule has 0 unspecified atom stereocenters. The van der Waals surface area contributed by atoms with Crippen LogP contribution in [0, 0.1) is 13.8 Å². The number of carbonyl (C=O) groups excluding carboxylic acids is 1. The van der Waals surface area contributed by atoms with E-state index in [0.717, 1.165) is 15.4 Å². The van der Waals surface area contributed by atoms with E-state index in [1.54, 1.807) is 0 Å². The molecule has 0 aliphatic carbocycles. The average Bonchev–Trinajstić information content (AvgIpc) is 2.67. The van der Waals surface area contributed by atoms with Crippen molar-refractivity contribution in [2.75, 3.05) is 0 Å². The molecule has 0 radical (unpaired) electrons. The summed E-state index contributed by atoms with van der Waals surface area (Å²) in [7, 11) is 0. The lowest BCUT2D eigenvalue weighted by atomic mass is 10.2. The molecule has 3 nitrogen and oxygen atoms in total. The van der Waals surface area contributed by atoms with Crippen molar-refractivity contribution >= 4 is 17.3 Å². The van der Waals surface area contributed by atoms with Gasteiger partial charge in [-0.25, -0.2) is 9.78 Å². The third kappa shape index (κ3) is 2.91. The first-order valence-corrected chi connectivity index (χ1v) is 6.13. The first-order chi connectivity index (χ1) is 8.16. The van der Waals surface area contributed by atoms with E-state index in [4.69, 9.17) is 4.74 Å². The Morgan fingerprint density at radius 2 is 2.00 bits per heavy atom. The number of nitrogens with zero attached hydrogens (tertiary/aromatic N) is 1. The molecule has 0 atom stereocenters. The van der Waals surface area contributed by atoms with Crippen molar-refractivity contribution in [1.29, 1.82) is 0 Å². The molecule has 0 amide bonds. The number of ether oxygens (including phenoxy) is 1. The van der Waals surface area contributed by atoms with Crippen LogP contribution in [-0.4, -0.2) is 11.0 Å². The van der Waals surface area contributed by atoms with Crippen molar-refractivity contribution in [2.24, 2.45) is 0 Å². The molecule has 0 spiro atoms. The molecule has 0 N–H and O–H groups in total. The number of carbonyl (C=O) groups is 1. The van der Waals surface area contributed by atoms with Crippen LogP contribution < -0.4 is 0 Å². The highest BCUT2D eigenvalue weighted by molar-refractivity contribution is 7.11. The molecule has 1 aromatic carbocycles. The molecule has 17 heavy (non-hydrogen) atoms. The number of esters is 1. The van der Waals surface area contributed by atoms with Gasteiger partial charge in [0.1, 0.15) is 6.61 Å². The van der Waals surface area contributed by atoms with Gasteiger partial charge in [0.2, 0.25) is 0 Å². The van der Waals surface area contributed by atoms with Gasteiger partial charge in [-0.3, -0.25) is 0 Å². The normalized spacial score (nSPS) is 10.2. The maximum absolute atomic E-state index is 11.8. The standard InChI is InChI=1S/C13H13NO2S/c1-9-12(14-10(2)17-9)13(15)16-8-11-6-4-3-5-7-11/h3-7H,8H2,1-2H3. The molecule has 0 aliphatic rings. The summed E-state index contributed by atoms with van der Waals surface area (Å²) in [6.45, 7) is 4.05. The summed E-state index contributed by atoms with van der Waals surface area (Å²) in [5.41, 5.74) is 1.41. The van der Waals surface area contributed by atoms with Crippen LogP contribution in [0.2, 0.25) is 0 Å². The summed E-state index contributed by atoms with van der Waals surface area (Å²) < 4.78 is 5.21. The predicted octanol–water partition coefficient (Wildman–Crippen LogP) is 3.12. The topological polar surface area (TPSA) is 39.2 Å². The van der Waals surface area contributed by atoms with Gasteiger partial charge in [-0.05, 0) is 19.4 Å². The first kappa shape index (κ1) is 11.8. The van der Waals surface area contributed by atoms with Gasteiger partial charge in [-0.1, -0.05) is 30.3 Å². The Morgan fingerprint density at radius 1 is 1.29 bits per heavy atom. The lowest BCUT2D eigenvalue weighted by molar-refractivity contribution is 0.0465. The fourth-order valence-corrected chi connectivity index (χ4v) is 2.32. The van der Waals surface area contributed by atoms with E-state index in [0.29, 0.717) is 5.69 Å². The van der Waals surface area contributed by atoms with Crippen LogP contribution in [0.15, 0.2) is 30.3 Å². The Morgan fingerprint density at radius 3 is 2.59 bits per heavy atom. The van der Waals surface area contributed by atoms with Crippen molar-refractivity contribution in [2.45, 2.75) is 20.5 Å². The molecular formula is C13H13NO2S. The van der Waals surface area contributed by atoms with E-state index in [2.05, 4.69) is 4.98 Å². The number of aryl methyl sites for hydroxylation is 2. The number of thiazole rings is 1. The average molecular weight is 247 g/mol. The second-order valence-electron chi connectivity index (χ2n) is 3.70. The summed E-state index contributed by atoms with van der Waals surface area (Å²) >= 11 is 1.51. The third-order valence-electron chi connectivity index (χ3n) is 2.31. The summed E-state index contributed by atoms with van der Waals surface area (Å²) in [5, 5.41) is 0.883. The van der Waals surface area contributed by atoms with Crippen LogP contribution in [0.1, 0.15) is 25.9 Å². The van der Waals surface area contributed by atoms with E-state index < -0.39 is 0 Å². The molecular weight excluding hydrogens is 234 g/mol. The van der Waals surface area contributed by atoms with E-state index >= 15 is 0 Å². The van der Waals surface area contributed by atoms with Gasteiger partial charge in [0, 0.05) is 4.88 Å². The summed E-state index contributed by atoms with van der Waals surface area (Å²) in [4.78, 5) is 16.8. The summed E-state index contributed by atoms with van der Waals surface area (Å²) in [6, 6.07) is 9.61. The monoisotopic (exact) mass is 247 g/mol. The van der Waals surface area contributed by atoms with Gasteiger partial charge < -0.3 is 4.74 Å². The maximum Gasteiger partial charge on any atom is 0.358 e. The van der Waals surface area contributed by atoms with Crippen LogP contribution in [0.5, 0.6) is 0 Å². The van der Waals surface area contributed by atoms with Crippen LogP contribution in [-0.2, 0) is 11.3 Å². The number of hydrogen-bond acceptors (Lipinski definition) is 4. The van der Waals surface area contributed by atoms with Crippen molar-refractivity contribution < 1.29 is 9.53 Å². The van der Waals surface area contributed by atoms with Crippen LogP contribution in [0.3, 0.4) is 0 Å². The Bertz CT molecular complexity index is 519. The fraction of sp³-hybridized carbons (Fsp3) is 0.231. The summed E-state index contributed by atoms with van der Waals surface area (Å²) in [5.74, 6) is -0.351. The van der Waals surface area contributed by atoms with Crippen molar-refractivity contribution in [1.82, 2.24) is 4.98 Å². The van der Waals surface area contributed by atoms with E-state index in [-0.39, 0.29) is 12.6 Å². The molecule has 4 heteroatoms. The van der Waals surface area contributed by atoms with Crippen LogP contribution >= 0.6 is 11.3 Å². The van der Waals surface area contributed by atoms with Crippen LogP contribution in [0.4, 0.5) is 0 Å². The second kappa shape index (κ2) is 5.10. The number of rotatable bonds is 3. The molecule has 1 aromatic heterocycles. The minimum absolute atomic E-state index is 0.287. The van der Waals surface area contributed by atoms with E-state index in [1.165, 1.54) is 11.3 Å².